The maximum absolute atomic E-state index is 12.2. The fourth-order valence-electron chi connectivity index (χ4n) is 2.28. The fourth-order valence-corrected chi connectivity index (χ4v) is 4.11. The number of aliphatic imine (C=N–C) groups is 1. The van der Waals surface area contributed by atoms with Crippen LogP contribution in [0.3, 0.4) is 0 Å². The van der Waals surface area contributed by atoms with Gasteiger partial charge in [0.25, 0.3) is 0 Å². The zero-order chi connectivity index (χ0) is 17.1. The average molecular weight is 364 g/mol. The van der Waals surface area contributed by atoms with Crippen LogP contribution in [0.4, 0.5) is 5.13 Å². The summed E-state index contributed by atoms with van der Waals surface area (Å²) in [4.78, 5) is 35.1. The number of anilines is 1. The van der Waals surface area contributed by atoms with E-state index in [0.717, 1.165) is 35.3 Å². The predicted octanol–water partition coefficient (Wildman–Crippen LogP) is 2.38. The van der Waals surface area contributed by atoms with E-state index in [1.165, 1.54) is 17.8 Å². The lowest BCUT2D eigenvalue weighted by Crippen LogP contribution is -2.24. The van der Waals surface area contributed by atoms with Gasteiger partial charge < -0.3 is 15.0 Å². The molecule has 1 N–H and O–H groups in total. The number of carbonyl (C=O) groups excluding carboxylic acids is 2. The number of fused-ring (bicyclic) bond motifs is 1. The maximum Gasteiger partial charge on any atom is 0.350 e. The number of aryl methyl sites for hydroxylation is 1. The number of nitrogens with zero attached hydrogens (tertiary/aromatic N) is 3. The van der Waals surface area contributed by atoms with Crippen LogP contribution in [-0.2, 0) is 9.53 Å². The molecule has 3 rings (SSSR count). The Bertz CT molecular complexity index is 754. The van der Waals surface area contributed by atoms with Crippen molar-refractivity contribution in [2.24, 2.45) is 4.99 Å². The molecule has 126 valence electrons. The van der Waals surface area contributed by atoms with Crippen molar-refractivity contribution in [2.45, 2.75) is 13.3 Å². The monoisotopic (exact) mass is 364 g/mol. The van der Waals surface area contributed by atoms with E-state index < -0.39 is 5.97 Å². The molecule has 9 heteroatoms. The van der Waals surface area contributed by atoms with Gasteiger partial charge in [-0.25, -0.2) is 9.78 Å². The second-order valence-electron chi connectivity index (χ2n) is 5.09. The standard InChI is InChI=1S/C15H16N4O3S2/c1-3-6-22-13(21)12-9(2)17-14(24-12)18-11(20)7-10-8-23-15-16-4-5-19(10)15/h3,8H,1,4-7H2,2H3,(H,17,18,20). The van der Waals surface area contributed by atoms with Crippen molar-refractivity contribution in [3.63, 3.8) is 0 Å². The van der Waals surface area contributed by atoms with E-state index in [0.29, 0.717) is 15.7 Å². The van der Waals surface area contributed by atoms with Crippen molar-refractivity contribution in [3.05, 3.63) is 34.3 Å². The van der Waals surface area contributed by atoms with Gasteiger partial charge in [0.05, 0.1) is 18.7 Å². The summed E-state index contributed by atoms with van der Waals surface area (Å²) in [6.07, 6.45) is 1.75. The zero-order valence-electron chi connectivity index (χ0n) is 13.1. The number of aromatic nitrogens is 1. The number of carbonyl (C=O) groups is 2. The smallest absolute Gasteiger partial charge is 0.350 e. The topological polar surface area (TPSA) is 83.9 Å². The van der Waals surface area contributed by atoms with E-state index in [2.05, 4.69) is 26.8 Å². The number of amidine groups is 1. The molecule has 0 atom stereocenters. The van der Waals surface area contributed by atoms with E-state index >= 15 is 0 Å². The van der Waals surface area contributed by atoms with Gasteiger partial charge in [0.2, 0.25) is 5.91 Å². The van der Waals surface area contributed by atoms with Gasteiger partial charge in [-0.15, -0.1) is 0 Å². The normalized spacial score (nSPS) is 15.6. The zero-order valence-corrected chi connectivity index (χ0v) is 14.7. The number of nitrogens with one attached hydrogen (secondary N) is 1. The molecule has 0 radical (unpaired) electrons. The van der Waals surface area contributed by atoms with E-state index in [4.69, 9.17) is 4.74 Å². The minimum absolute atomic E-state index is 0.142. The SMILES string of the molecule is C=CCOC(=O)c1sc(NC(=O)CC2=CSC3=NCCN23)nc1C. The van der Waals surface area contributed by atoms with Crippen molar-refractivity contribution in [2.75, 3.05) is 25.0 Å². The second kappa shape index (κ2) is 7.18. The second-order valence-corrected chi connectivity index (χ2v) is 6.92. The van der Waals surface area contributed by atoms with Crippen LogP contribution in [0.2, 0.25) is 0 Å². The van der Waals surface area contributed by atoms with Crippen LogP contribution in [0.15, 0.2) is 28.8 Å². The highest BCUT2D eigenvalue weighted by atomic mass is 32.2. The van der Waals surface area contributed by atoms with Crippen molar-refractivity contribution in [1.29, 1.82) is 0 Å². The summed E-state index contributed by atoms with van der Waals surface area (Å²) in [6, 6.07) is 0. The molecule has 0 aromatic carbocycles. The molecule has 0 saturated heterocycles. The van der Waals surface area contributed by atoms with Crippen LogP contribution >= 0.6 is 23.1 Å². The quantitative estimate of drug-likeness (QED) is 0.616. The van der Waals surface area contributed by atoms with E-state index in [-0.39, 0.29) is 18.9 Å². The predicted molar refractivity (Wildman–Crippen MR) is 95.3 cm³/mol. The van der Waals surface area contributed by atoms with Crippen LogP contribution in [0.25, 0.3) is 0 Å². The molecule has 0 saturated carbocycles. The molecule has 7 nitrogen and oxygen atoms in total. The first-order valence-corrected chi connectivity index (χ1v) is 9.01. The van der Waals surface area contributed by atoms with Crippen molar-refractivity contribution in [1.82, 2.24) is 9.88 Å². The number of esters is 1. The summed E-state index contributed by atoms with van der Waals surface area (Å²) in [5.74, 6) is -0.632. The highest BCUT2D eigenvalue weighted by molar-refractivity contribution is 8.16. The molecule has 0 unspecified atom stereocenters. The minimum Gasteiger partial charge on any atom is -0.457 e. The molecular weight excluding hydrogens is 348 g/mol. The Morgan fingerprint density at radius 3 is 3.17 bits per heavy atom. The van der Waals surface area contributed by atoms with Crippen LogP contribution in [-0.4, -0.2) is 46.6 Å². The lowest BCUT2D eigenvalue weighted by molar-refractivity contribution is -0.115. The van der Waals surface area contributed by atoms with Crippen molar-refractivity contribution < 1.29 is 14.3 Å². The molecule has 0 fully saturated rings. The average Bonchev–Trinajstić information content (AvgIpc) is 3.23. The number of hydrogen-bond donors (Lipinski definition) is 1. The van der Waals surface area contributed by atoms with Gasteiger partial charge in [-0.05, 0) is 12.3 Å². The summed E-state index contributed by atoms with van der Waals surface area (Å²) in [5.41, 5.74) is 1.47. The van der Waals surface area contributed by atoms with E-state index in [9.17, 15) is 9.59 Å². The Morgan fingerprint density at radius 2 is 2.38 bits per heavy atom. The van der Waals surface area contributed by atoms with Crippen LogP contribution < -0.4 is 5.32 Å². The number of thiazole rings is 1. The van der Waals surface area contributed by atoms with Gasteiger partial charge in [0.15, 0.2) is 10.3 Å². The Kier molecular flexibility index (Phi) is 5.00. The van der Waals surface area contributed by atoms with E-state index in [1.807, 2.05) is 5.41 Å². The molecule has 2 aliphatic heterocycles. The molecule has 2 aliphatic rings. The molecule has 3 heterocycles. The Hall–Kier alpha value is -2.13. The molecule has 0 spiro atoms. The van der Waals surface area contributed by atoms with Gasteiger partial charge >= 0.3 is 5.97 Å². The lowest BCUT2D eigenvalue weighted by Gasteiger charge is -2.15. The third-order valence-corrected chi connectivity index (χ3v) is 5.35. The van der Waals surface area contributed by atoms with Crippen molar-refractivity contribution >= 4 is 45.3 Å². The van der Waals surface area contributed by atoms with Gasteiger partial charge in [0.1, 0.15) is 11.5 Å². The number of thioether (sulfide) groups is 1. The largest absolute Gasteiger partial charge is 0.457 e. The van der Waals surface area contributed by atoms with Crippen molar-refractivity contribution in [3.8, 4) is 0 Å². The number of amides is 1. The lowest BCUT2D eigenvalue weighted by atomic mass is 10.3. The Labute approximate surface area is 147 Å². The molecule has 1 aromatic rings. The summed E-state index contributed by atoms with van der Waals surface area (Å²) < 4.78 is 5.00. The number of rotatable bonds is 6. The molecule has 0 aliphatic carbocycles. The first-order chi connectivity index (χ1) is 11.6. The molecule has 24 heavy (non-hydrogen) atoms. The number of hydrogen-bond acceptors (Lipinski definition) is 8. The van der Waals surface area contributed by atoms with Crippen LogP contribution in [0.5, 0.6) is 0 Å². The van der Waals surface area contributed by atoms with Crippen LogP contribution in [0.1, 0.15) is 21.8 Å². The fraction of sp³-hybridized carbons (Fsp3) is 0.333. The highest BCUT2D eigenvalue weighted by Gasteiger charge is 2.27. The number of ether oxygens (including phenoxy) is 1. The molecule has 0 bridgehead atoms. The summed E-state index contributed by atoms with van der Waals surface area (Å²) in [6.45, 7) is 6.93. The third-order valence-electron chi connectivity index (χ3n) is 3.35. The Morgan fingerprint density at radius 1 is 1.54 bits per heavy atom. The molecule has 1 aromatic heterocycles. The van der Waals surface area contributed by atoms with Crippen LogP contribution in [0, 0.1) is 6.92 Å². The third kappa shape index (κ3) is 3.51. The summed E-state index contributed by atoms with van der Waals surface area (Å²) in [5, 5.41) is 6.04. The summed E-state index contributed by atoms with van der Waals surface area (Å²) >= 11 is 2.65. The minimum atomic E-state index is -0.460. The van der Waals surface area contributed by atoms with Gasteiger partial charge in [0, 0.05) is 12.2 Å². The maximum atomic E-state index is 12.2. The van der Waals surface area contributed by atoms with Gasteiger partial charge in [-0.3, -0.25) is 9.79 Å². The Balaban J connectivity index is 1.60. The molecular formula is C15H16N4O3S2. The highest BCUT2D eigenvalue weighted by Crippen LogP contribution is 2.31. The van der Waals surface area contributed by atoms with Gasteiger partial charge in [-0.2, -0.15) is 0 Å². The van der Waals surface area contributed by atoms with E-state index in [1.54, 1.807) is 6.92 Å². The molecule has 1 amide bonds. The van der Waals surface area contributed by atoms with Gasteiger partial charge in [-0.1, -0.05) is 35.8 Å². The first-order valence-electron chi connectivity index (χ1n) is 7.31. The summed E-state index contributed by atoms with van der Waals surface area (Å²) in [7, 11) is 0. The first kappa shape index (κ1) is 16.7.